The number of rotatable bonds is 2. The van der Waals surface area contributed by atoms with Crippen molar-refractivity contribution < 1.29 is 28.9 Å². The highest BCUT2D eigenvalue weighted by atomic mass is 35.5. The average molecular weight is 425 g/mol. The summed E-state index contributed by atoms with van der Waals surface area (Å²) in [6.45, 7) is 4.88. The zero-order valence-corrected chi connectivity index (χ0v) is 17.5. The molecule has 4 aliphatic carbocycles. The lowest BCUT2D eigenvalue weighted by Gasteiger charge is -2.56. The van der Waals surface area contributed by atoms with Crippen LogP contribution in [0, 0.1) is 28.6 Å². The number of carbonyl (C=O) groups is 2. The molecule has 1 saturated heterocycles. The molecule has 3 saturated carbocycles. The van der Waals surface area contributed by atoms with E-state index in [0.717, 1.165) is 0 Å². The Kier molecular flexibility index (Phi) is 3.82. The fraction of sp³-hybridized carbons (Fsp3) is 0.727. The van der Waals surface area contributed by atoms with E-state index in [1.54, 1.807) is 6.08 Å². The number of ketones is 2. The molecule has 5 nitrogen and oxygen atoms in total. The first kappa shape index (κ1) is 19.9. The highest BCUT2D eigenvalue weighted by Gasteiger charge is 2.83. The van der Waals surface area contributed by atoms with Crippen LogP contribution in [-0.2, 0) is 14.3 Å². The number of alkyl halides is 1. The molecule has 0 aromatic heterocycles. The van der Waals surface area contributed by atoms with Crippen LogP contribution in [0.5, 0.6) is 0 Å². The standard InChI is InChI=1S/C22H26ClFO5/c1-10-6-11-12-7-13(24)17-18(23)14(26)4-5-19(17,2)22(12)16(29-22)8-20(11,3)21(10,28)15(27)9-25/h4-5,10-13,16,25,28H,6-9H2,1-3H3/t10-,11-,12-,13-,16?,19-,20-,21-,22?/m0/s1. The summed E-state index contributed by atoms with van der Waals surface area (Å²) in [7, 11) is 0. The number of epoxide rings is 1. The second-order valence-corrected chi connectivity index (χ2v) is 10.4. The van der Waals surface area contributed by atoms with Crippen LogP contribution in [0.4, 0.5) is 4.39 Å². The van der Waals surface area contributed by atoms with Crippen LogP contribution < -0.4 is 0 Å². The molecule has 4 fully saturated rings. The van der Waals surface area contributed by atoms with Crippen molar-refractivity contribution in [3.63, 3.8) is 0 Å². The maximum Gasteiger partial charge on any atom is 0.196 e. The normalized spacial score (nSPS) is 55.1. The first-order valence-electron chi connectivity index (χ1n) is 10.3. The smallest absolute Gasteiger partial charge is 0.196 e. The van der Waals surface area contributed by atoms with E-state index in [1.807, 2.05) is 20.8 Å². The van der Waals surface area contributed by atoms with Gasteiger partial charge in [0.2, 0.25) is 0 Å². The van der Waals surface area contributed by atoms with Gasteiger partial charge in [0, 0.05) is 10.8 Å². The molecular weight excluding hydrogens is 399 g/mol. The Balaban J connectivity index is 1.64. The summed E-state index contributed by atoms with van der Waals surface area (Å²) < 4.78 is 21.8. The number of fused-ring (bicyclic) bond motifs is 3. The molecule has 29 heavy (non-hydrogen) atoms. The van der Waals surface area contributed by atoms with Crippen LogP contribution in [0.25, 0.3) is 0 Å². The molecule has 0 bridgehead atoms. The van der Waals surface area contributed by atoms with Gasteiger partial charge in [-0.1, -0.05) is 31.5 Å². The third-order valence-electron chi connectivity index (χ3n) is 9.15. The van der Waals surface area contributed by atoms with E-state index >= 15 is 4.39 Å². The minimum absolute atomic E-state index is 0.0512. The SMILES string of the molecule is C[C@H]1C[C@H]2[C@@H]3C[C@H](F)C4=C(Cl)C(=O)C=C[C@]4(C)C34OC4C[C@]2(C)[C@@]1(O)C(=O)CO. The Morgan fingerprint density at radius 1 is 1.34 bits per heavy atom. The van der Waals surface area contributed by atoms with Crippen LogP contribution in [0.3, 0.4) is 0 Å². The summed E-state index contributed by atoms with van der Waals surface area (Å²) in [6.07, 6.45) is 2.63. The van der Waals surface area contributed by atoms with Gasteiger partial charge in [-0.05, 0) is 55.6 Å². The van der Waals surface area contributed by atoms with Gasteiger partial charge in [-0.3, -0.25) is 9.59 Å². The molecule has 158 valence electrons. The second kappa shape index (κ2) is 5.58. The largest absolute Gasteiger partial charge is 0.388 e. The summed E-state index contributed by atoms with van der Waals surface area (Å²) in [5.41, 5.74) is -3.68. The van der Waals surface area contributed by atoms with Gasteiger partial charge in [-0.25, -0.2) is 4.39 Å². The quantitative estimate of drug-likeness (QED) is 0.665. The second-order valence-electron chi connectivity index (χ2n) is 10.0. The van der Waals surface area contributed by atoms with Crippen LogP contribution in [-0.4, -0.2) is 51.9 Å². The molecule has 0 aromatic rings. The predicted octanol–water partition coefficient (Wildman–Crippen LogP) is 2.48. The number of halogens is 2. The van der Waals surface area contributed by atoms with Gasteiger partial charge in [-0.2, -0.15) is 0 Å². The molecule has 0 amide bonds. The van der Waals surface area contributed by atoms with Gasteiger partial charge in [0.05, 0.1) is 11.1 Å². The van der Waals surface area contributed by atoms with E-state index in [0.29, 0.717) is 18.4 Å². The van der Waals surface area contributed by atoms with Crippen molar-refractivity contribution in [3.8, 4) is 0 Å². The maximum absolute atomic E-state index is 15.5. The highest BCUT2D eigenvalue weighted by molar-refractivity contribution is 6.45. The maximum atomic E-state index is 15.5. The van der Waals surface area contributed by atoms with E-state index in [9.17, 15) is 19.8 Å². The highest BCUT2D eigenvalue weighted by Crippen LogP contribution is 2.77. The van der Waals surface area contributed by atoms with Gasteiger partial charge in [0.15, 0.2) is 11.6 Å². The lowest BCUT2D eigenvalue weighted by atomic mass is 9.46. The molecule has 1 aliphatic heterocycles. The number of carbonyl (C=O) groups excluding carboxylic acids is 2. The fourth-order valence-corrected chi connectivity index (χ4v) is 8.16. The topological polar surface area (TPSA) is 87.1 Å². The summed E-state index contributed by atoms with van der Waals surface area (Å²) >= 11 is 6.28. The number of ether oxygens (including phenoxy) is 1. The first-order chi connectivity index (χ1) is 13.5. The Labute approximate surface area is 173 Å². The van der Waals surface area contributed by atoms with Crippen LogP contribution in [0.15, 0.2) is 22.8 Å². The van der Waals surface area contributed by atoms with Gasteiger partial charge in [0.25, 0.3) is 0 Å². The zero-order valence-electron chi connectivity index (χ0n) is 16.7. The third kappa shape index (κ3) is 1.94. The van der Waals surface area contributed by atoms with Crippen molar-refractivity contribution in [2.24, 2.45) is 28.6 Å². The molecule has 5 aliphatic rings. The van der Waals surface area contributed by atoms with E-state index in [1.165, 1.54) is 6.08 Å². The Morgan fingerprint density at radius 3 is 2.69 bits per heavy atom. The number of allylic oxidation sites excluding steroid dienone is 2. The van der Waals surface area contributed by atoms with Crippen LogP contribution in [0.2, 0.25) is 0 Å². The van der Waals surface area contributed by atoms with Crippen molar-refractivity contribution in [3.05, 3.63) is 22.8 Å². The Bertz CT molecular complexity index is 900. The van der Waals surface area contributed by atoms with E-state index in [4.69, 9.17) is 16.3 Å². The molecule has 5 rings (SSSR count). The van der Waals surface area contributed by atoms with Crippen LogP contribution >= 0.6 is 11.6 Å². The molecule has 2 N–H and O–H groups in total. The molecule has 9 atom stereocenters. The van der Waals surface area contributed by atoms with Crippen molar-refractivity contribution >= 4 is 23.2 Å². The molecule has 7 heteroatoms. The molecule has 1 heterocycles. The summed E-state index contributed by atoms with van der Waals surface area (Å²) in [6, 6.07) is 0. The molecular formula is C22H26ClFO5. The lowest BCUT2D eigenvalue weighted by molar-refractivity contribution is -0.166. The van der Waals surface area contributed by atoms with Gasteiger partial charge in [-0.15, -0.1) is 0 Å². The Hall–Kier alpha value is -1.08. The van der Waals surface area contributed by atoms with Crippen molar-refractivity contribution in [2.75, 3.05) is 6.61 Å². The minimum Gasteiger partial charge on any atom is -0.388 e. The monoisotopic (exact) mass is 424 g/mol. The van der Waals surface area contributed by atoms with Gasteiger partial charge in [0.1, 0.15) is 24.0 Å². The third-order valence-corrected chi connectivity index (χ3v) is 9.54. The summed E-state index contributed by atoms with van der Waals surface area (Å²) in [4.78, 5) is 24.7. The molecule has 1 spiro atoms. The number of hydrogen-bond donors (Lipinski definition) is 2. The van der Waals surface area contributed by atoms with E-state index < -0.39 is 40.6 Å². The van der Waals surface area contributed by atoms with E-state index in [2.05, 4.69) is 0 Å². The number of aliphatic hydroxyl groups is 2. The fourth-order valence-electron chi connectivity index (χ4n) is 7.78. The predicted molar refractivity (Wildman–Crippen MR) is 103 cm³/mol. The summed E-state index contributed by atoms with van der Waals surface area (Å²) in [5.74, 6) is -1.67. The van der Waals surface area contributed by atoms with Gasteiger partial charge >= 0.3 is 0 Å². The molecule has 0 aromatic carbocycles. The number of Topliss-reactive ketones (excluding diaryl/α,β-unsaturated/α-hetero) is 1. The molecule has 2 unspecified atom stereocenters. The summed E-state index contributed by atoms with van der Waals surface area (Å²) in [5, 5.41) is 21.0. The van der Waals surface area contributed by atoms with E-state index in [-0.39, 0.29) is 41.1 Å². The Morgan fingerprint density at radius 2 is 2.03 bits per heavy atom. The zero-order chi connectivity index (χ0) is 21.1. The van der Waals surface area contributed by atoms with Crippen LogP contribution in [0.1, 0.15) is 40.0 Å². The number of aliphatic hydroxyl groups excluding tert-OH is 1. The van der Waals surface area contributed by atoms with Crippen molar-refractivity contribution in [1.82, 2.24) is 0 Å². The van der Waals surface area contributed by atoms with Crippen molar-refractivity contribution in [2.45, 2.75) is 63.5 Å². The average Bonchev–Trinajstić information content (AvgIpc) is 3.35. The van der Waals surface area contributed by atoms with Crippen molar-refractivity contribution in [1.29, 1.82) is 0 Å². The number of hydrogen-bond acceptors (Lipinski definition) is 5. The first-order valence-corrected chi connectivity index (χ1v) is 10.7. The molecule has 0 radical (unpaired) electrons. The minimum atomic E-state index is -1.66. The van der Waals surface area contributed by atoms with Gasteiger partial charge < -0.3 is 14.9 Å². The lowest BCUT2D eigenvalue weighted by Crippen LogP contribution is -2.63.